The maximum absolute atomic E-state index is 12.4. The molecule has 30 heavy (non-hydrogen) atoms. The van der Waals surface area contributed by atoms with E-state index in [1.807, 2.05) is 37.3 Å². The van der Waals surface area contributed by atoms with E-state index in [9.17, 15) is 13.6 Å². The van der Waals surface area contributed by atoms with Crippen LogP contribution in [0.2, 0.25) is 0 Å². The normalized spacial score (nSPS) is 12.2. The van der Waals surface area contributed by atoms with E-state index in [2.05, 4.69) is 10.1 Å². The molecule has 0 aliphatic heterocycles. The molecule has 0 aliphatic carbocycles. The van der Waals surface area contributed by atoms with Gasteiger partial charge >= 0.3 is 6.61 Å². The first-order valence-corrected chi connectivity index (χ1v) is 9.83. The molecule has 0 aromatic heterocycles. The SMILES string of the molecule is CCOc1cc(C=CC(=O)NCCCOC(C)c2ccccc2)ccc1OC(F)F. The van der Waals surface area contributed by atoms with Crippen molar-refractivity contribution in [2.45, 2.75) is 33.0 Å². The summed E-state index contributed by atoms with van der Waals surface area (Å²) in [5, 5.41) is 2.78. The Labute approximate surface area is 175 Å². The van der Waals surface area contributed by atoms with E-state index in [4.69, 9.17) is 9.47 Å². The average Bonchev–Trinajstić information content (AvgIpc) is 2.74. The molecule has 0 aliphatic rings. The fourth-order valence-corrected chi connectivity index (χ4v) is 2.68. The van der Waals surface area contributed by atoms with Crippen molar-refractivity contribution in [1.29, 1.82) is 0 Å². The smallest absolute Gasteiger partial charge is 0.387 e. The summed E-state index contributed by atoms with van der Waals surface area (Å²) in [6.45, 7) is 2.12. The van der Waals surface area contributed by atoms with Crippen LogP contribution in [0.25, 0.3) is 6.08 Å². The van der Waals surface area contributed by atoms with Crippen LogP contribution < -0.4 is 14.8 Å². The zero-order valence-electron chi connectivity index (χ0n) is 17.1. The van der Waals surface area contributed by atoms with Gasteiger partial charge in [0, 0.05) is 19.2 Å². The quantitative estimate of drug-likeness (QED) is 0.389. The number of halogens is 2. The molecule has 1 N–H and O–H groups in total. The number of benzene rings is 2. The maximum atomic E-state index is 12.4. The van der Waals surface area contributed by atoms with Crippen molar-refractivity contribution < 1.29 is 27.8 Å². The predicted octanol–water partition coefficient (Wildman–Crippen LogP) is 4.98. The van der Waals surface area contributed by atoms with E-state index in [0.717, 1.165) is 5.56 Å². The summed E-state index contributed by atoms with van der Waals surface area (Å²) in [4.78, 5) is 12.0. The summed E-state index contributed by atoms with van der Waals surface area (Å²) in [6, 6.07) is 14.4. The standard InChI is InChI=1S/C23H27F2NO4/c1-3-28-21-16-18(10-12-20(21)30-23(24)25)11-13-22(27)26-14-7-15-29-17(2)19-8-5-4-6-9-19/h4-6,8-13,16-17,23H,3,7,14-15H2,1-2H3,(H,26,27). The number of carbonyl (C=O) groups excluding carboxylic acids is 1. The van der Waals surface area contributed by atoms with E-state index >= 15 is 0 Å². The summed E-state index contributed by atoms with van der Waals surface area (Å²) in [5.74, 6) is -0.0970. The molecule has 0 spiro atoms. The molecule has 2 aromatic rings. The lowest BCUT2D eigenvalue weighted by atomic mass is 10.1. The summed E-state index contributed by atoms with van der Waals surface area (Å²) in [7, 11) is 0. The molecule has 5 nitrogen and oxygen atoms in total. The minimum atomic E-state index is -2.93. The zero-order valence-corrected chi connectivity index (χ0v) is 17.1. The highest BCUT2D eigenvalue weighted by molar-refractivity contribution is 5.91. The molecule has 2 aromatic carbocycles. The lowest BCUT2D eigenvalue weighted by Gasteiger charge is -2.13. The second-order valence-electron chi connectivity index (χ2n) is 6.42. The van der Waals surface area contributed by atoms with Crippen molar-refractivity contribution in [3.63, 3.8) is 0 Å². The third-order valence-electron chi connectivity index (χ3n) is 4.17. The predicted molar refractivity (Wildman–Crippen MR) is 112 cm³/mol. The van der Waals surface area contributed by atoms with Gasteiger partial charge in [-0.1, -0.05) is 36.4 Å². The second kappa shape index (κ2) is 12.6. The van der Waals surface area contributed by atoms with Crippen LogP contribution in [-0.4, -0.2) is 32.3 Å². The van der Waals surface area contributed by atoms with Gasteiger partial charge in [0.15, 0.2) is 11.5 Å². The molecule has 1 amide bonds. The highest BCUT2D eigenvalue weighted by Crippen LogP contribution is 2.30. The molecular weight excluding hydrogens is 392 g/mol. The third kappa shape index (κ3) is 8.21. The number of hydrogen-bond acceptors (Lipinski definition) is 4. The van der Waals surface area contributed by atoms with Gasteiger partial charge in [-0.2, -0.15) is 8.78 Å². The molecule has 0 saturated heterocycles. The number of rotatable bonds is 12. The molecule has 0 fully saturated rings. The number of hydrogen-bond donors (Lipinski definition) is 1. The fraction of sp³-hybridized carbons (Fsp3) is 0.348. The maximum Gasteiger partial charge on any atom is 0.387 e. The topological polar surface area (TPSA) is 56.8 Å². The van der Waals surface area contributed by atoms with Crippen LogP contribution in [0.1, 0.15) is 37.5 Å². The summed E-state index contributed by atoms with van der Waals surface area (Å²) in [6.07, 6.45) is 3.65. The highest BCUT2D eigenvalue weighted by Gasteiger charge is 2.11. The third-order valence-corrected chi connectivity index (χ3v) is 4.17. The molecule has 0 radical (unpaired) electrons. The van der Waals surface area contributed by atoms with Gasteiger partial charge in [0.25, 0.3) is 0 Å². The minimum absolute atomic E-state index is 0.00152. The Morgan fingerprint density at radius 3 is 2.60 bits per heavy atom. The largest absolute Gasteiger partial charge is 0.490 e. The van der Waals surface area contributed by atoms with Gasteiger partial charge in [0.1, 0.15) is 0 Å². The van der Waals surface area contributed by atoms with Crippen LogP contribution >= 0.6 is 0 Å². The molecule has 0 bridgehead atoms. The van der Waals surface area contributed by atoms with Crippen molar-refractivity contribution >= 4 is 12.0 Å². The van der Waals surface area contributed by atoms with Crippen LogP contribution in [-0.2, 0) is 9.53 Å². The van der Waals surface area contributed by atoms with Gasteiger partial charge in [-0.25, -0.2) is 0 Å². The first-order chi connectivity index (χ1) is 14.5. The van der Waals surface area contributed by atoms with Crippen LogP contribution in [0, 0.1) is 0 Å². The highest BCUT2D eigenvalue weighted by atomic mass is 19.3. The molecule has 1 unspecified atom stereocenters. The summed E-state index contributed by atoms with van der Waals surface area (Å²) < 4.78 is 40.4. The Morgan fingerprint density at radius 1 is 1.13 bits per heavy atom. The van der Waals surface area contributed by atoms with Crippen molar-refractivity contribution in [2.24, 2.45) is 0 Å². The molecule has 0 saturated carbocycles. The molecule has 7 heteroatoms. The van der Waals surface area contributed by atoms with E-state index in [0.29, 0.717) is 31.7 Å². The Morgan fingerprint density at radius 2 is 1.90 bits per heavy atom. The summed E-state index contributed by atoms with van der Waals surface area (Å²) >= 11 is 0. The molecule has 2 rings (SSSR count). The molecular formula is C23H27F2NO4. The van der Waals surface area contributed by atoms with Crippen molar-refractivity contribution in [1.82, 2.24) is 5.32 Å². The number of alkyl halides is 2. The number of carbonyl (C=O) groups is 1. The number of amides is 1. The van der Waals surface area contributed by atoms with Crippen molar-refractivity contribution in [3.8, 4) is 11.5 Å². The van der Waals surface area contributed by atoms with Gasteiger partial charge < -0.3 is 19.5 Å². The Hall–Kier alpha value is -2.93. The molecule has 0 heterocycles. The van der Waals surface area contributed by atoms with Gasteiger partial charge in [-0.3, -0.25) is 4.79 Å². The zero-order chi connectivity index (χ0) is 21.8. The summed E-state index contributed by atoms with van der Waals surface area (Å²) in [5.41, 5.74) is 1.75. The minimum Gasteiger partial charge on any atom is -0.490 e. The number of ether oxygens (including phenoxy) is 3. The van der Waals surface area contributed by atoms with E-state index in [1.54, 1.807) is 25.1 Å². The van der Waals surface area contributed by atoms with Crippen molar-refractivity contribution in [2.75, 3.05) is 19.8 Å². The van der Waals surface area contributed by atoms with Crippen LogP contribution in [0.4, 0.5) is 8.78 Å². The molecule has 162 valence electrons. The second-order valence-corrected chi connectivity index (χ2v) is 6.42. The number of nitrogens with one attached hydrogen (secondary N) is 1. The fourth-order valence-electron chi connectivity index (χ4n) is 2.68. The monoisotopic (exact) mass is 419 g/mol. The van der Waals surface area contributed by atoms with Crippen LogP contribution in [0.3, 0.4) is 0 Å². The van der Waals surface area contributed by atoms with Gasteiger partial charge in [-0.15, -0.1) is 0 Å². The Kier molecular flexibility index (Phi) is 9.80. The Balaban J connectivity index is 1.75. The first-order valence-electron chi connectivity index (χ1n) is 9.83. The van der Waals surface area contributed by atoms with Gasteiger partial charge in [0.05, 0.1) is 12.7 Å². The van der Waals surface area contributed by atoms with Crippen LogP contribution in [0.15, 0.2) is 54.6 Å². The lowest BCUT2D eigenvalue weighted by Crippen LogP contribution is -2.23. The van der Waals surface area contributed by atoms with E-state index < -0.39 is 6.61 Å². The van der Waals surface area contributed by atoms with Gasteiger partial charge in [-0.05, 0) is 49.6 Å². The lowest BCUT2D eigenvalue weighted by molar-refractivity contribution is -0.116. The van der Waals surface area contributed by atoms with Crippen LogP contribution in [0.5, 0.6) is 11.5 Å². The Bertz CT molecular complexity index is 812. The van der Waals surface area contributed by atoms with E-state index in [1.165, 1.54) is 12.1 Å². The van der Waals surface area contributed by atoms with Crippen molar-refractivity contribution in [3.05, 3.63) is 65.7 Å². The first kappa shape index (κ1) is 23.3. The van der Waals surface area contributed by atoms with Gasteiger partial charge in [0.2, 0.25) is 5.91 Å². The average molecular weight is 419 g/mol. The molecule has 1 atom stereocenters. The van der Waals surface area contributed by atoms with E-state index in [-0.39, 0.29) is 23.5 Å².